The molecule has 3 heterocycles. The Balaban J connectivity index is 1.66. The molecule has 1 saturated carbocycles. The van der Waals surface area contributed by atoms with Crippen LogP contribution < -0.4 is 11.1 Å². The first-order valence-corrected chi connectivity index (χ1v) is 10.5. The topological polar surface area (TPSA) is 85.3 Å². The number of nitrogens with zero attached hydrogens (tertiary/aromatic N) is 3. The lowest BCUT2D eigenvalue weighted by Gasteiger charge is -2.36. The lowest BCUT2D eigenvalue weighted by Crippen LogP contribution is -2.59. The summed E-state index contributed by atoms with van der Waals surface area (Å²) in [4.78, 5) is 18.5. The van der Waals surface area contributed by atoms with Gasteiger partial charge in [-0.1, -0.05) is 6.92 Å². The van der Waals surface area contributed by atoms with E-state index in [4.69, 9.17) is 5.73 Å². The lowest BCUT2D eigenvalue weighted by molar-refractivity contribution is -0.0674. The minimum absolute atomic E-state index is 0.256. The van der Waals surface area contributed by atoms with Crippen LogP contribution in [-0.2, 0) is 6.42 Å². The molecule has 2 atom stereocenters. The van der Waals surface area contributed by atoms with E-state index in [0.717, 1.165) is 21.7 Å². The van der Waals surface area contributed by atoms with Crippen molar-refractivity contribution >= 4 is 22.9 Å². The van der Waals surface area contributed by atoms with Crippen molar-refractivity contribution in [2.24, 2.45) is 5.73 Å². The van der Waals surface area contributed by atoms with Crippen LogP contribution in [0.15, 0.2) is 24.5 Å². The second-order valence-corrected chi connectivity index (χ2v) is 8.65. The maximum absolute atomic E-state index is 14.3. The van der Waals surface area contributed by atoms with Crippen LogP contribution in [0.1, 0.15) is 46.3 Å². The quantitative estimate of drug-likeness (QED) is 0.677. The molecule has 3 aromatic heterocycles. The number of halogens is 2. The Hall–Kier alpha value is -2.39. The number of aromatic nitrogens is 3. The third kappa shape index (κ3) is 3.64. The maximum atomic E-state index is 14.3. The average Bonchev–Trinajstić information content (AvgIpc) is 3.27. The van der Waals surface area contributed by atoms with Crippen molar-refractivity contribution in [1.82, 2.24) is 19.9 Å². The van der Waals surface area contributed by atoms with Gasteiger partial charge in [0.05, 0.1) is 23.0 Å². The SMILES string of the molecule is CCc1sc(C(=O)NC2[C@@H](N)CCCC2(F)F)cc1-c1cnc2cc(C)cnn12. The van der Waals surface area contributed by atoms with E-state index in [0.29, 0.717) is 29.8 Å². The third-order valence-electron chi connectivity index (χ3n) is 5.35. The predicted molar refractivity (Wildman–Crippen MR) is 108 cm³/mol. The summed E-state index contributed by atoms with van der Waals surface area (Å²) < 4.78 is 30.3. The number of imidazole rings is 1. The zero-order valence-corrected chi connectivity index (χ0v) is 17.1. The van der Waals surface area contributed by atoms with E-state index in [9.17, 15) is 13.6 Å². The van der Waals surface area contributed by atoms with Crippen LogP contribution in [0.4, 0.5) is 8.78 Å². The zero-order valence-electron chi connectivity index (χ0n) is 16.3. The van der Waals surface area contributed by atoms with E-state index >= 15 is 0 Å². The van der Waals surface area contributed by atoms with Gasteiger partial charge in [0.15, 0.2) is 5.65 Å². The zero-order chi connectivity index (χ0) is 20.8. The molecule has 0 spiro atoms. The van der Waals surface area contributed by atoms with Crippen molar-refractivity contribution in [3.05, 3.63) is 39.8 Å². The molecule has 29 heavy (non-hydrogen) atoms. The number of rotatable bonds is 4. The van der Waals surface area contributed by atoms with Crippen molar-refractivity contribution in [3.63, 3.8) is 0 Å². The molecule has 3 N–H and O–H groups in total. The van der Waals surface area contributed by atoms with Gasteiger partial charge in [-0.15, -0.1) is 11.3 Å². The minimum atomic E-state index is -3.00. The van der Waals surface area contributed by atoms with Gasteiger partial charge in [0.1, 0.15) is 6.04 Å². The van der Waals surface area contributed by atoms with Gasteiger partial charge < -0.3 is 11.1 Å². The number of fused-ring (bicyclic) bond motifs is 1. The molecule has 1 aliphatic carbocycles. The van der Waals surface area contributed by atoms with Crippen molar-refractivity contribution in [3.8, 4) is 11.3 Å². The number of carbonyl (C=O) groups excluding carboxylic acids is 1. The summed E-state index contributed by atoms with van der Waals surface area (Å²) in [6, 6.07) is 1.56. The predicted octanol–water partition coefficient (Wildman–Crippen LogP) is 3.57. The van der Waals surface area contributed by atoms with Crippen LogP contribution >= 0.6 is 11.3 Å². The summed E-state index contributed by atoms with van der Waals surface area (Å²) in [5.41, 5.74) is 9.21. The first-order valence-electron chi connectivity index (χ1n) is 9.68. The van der Waals surface area contributed by atoms with Gasteiger partial charge in [0, 0.05) is 22.9 Å². The van der Waals surface area contributed by atoms with E-state index in [2.05, 4.69) is 15.4 Å². The number of alkyl halides is 2. The number of carbonyl (C=O) groups is 1. The van der Waals surface area contributed by atoms with Crippen molar-refractivity contribution in [2.45, 2.75) is 57.5 Å². The van der Waals surface area contributed by atoms with E-state index in [1.807, 2.05) is 19.9 Å². The molecule has 3 aromatic rings. The fraction of sp³-hybridized carbons (Fsp3) is 0.450. The largest absolute Gasteiger partial charge is 0.341 e. The number of nitrogens with two attached hydrogens (primary N) is 1. The normalized spacial score (nSPS) is 21.4. The molecule has 1 amide bonds. The van der Waals surface area contributed by atoms with Crippen molar-refractivity contribution in [2.75, 3.05) is 0 Å². The first-order chi connectivity index (χ1) is 13.8. The molecule has 1 fully saturated rings. The van der Waals surface area contributed by atoms with Gasteiger partial charge in [0.2, 0.25) is 0 Å². The number of hydrogen-bond donors (Lipinski definition) is 2. The Morgan fingerprint density at radius 3 is 2.93 bits per heavy atom. The molecule has 9 heteroatoms. The number of nitrogens with one attached hydrogen (secondary N) is 1. The Morgan fingerprint density at radius 1 is 1.41 bits per heavy atom. The third-order valence-corrected chi connectivity index (χ3v) is 6.62. The van der Waals surface area contributed by atoms with Gasteiger partial charge in [0.25, 0.3) is 11.8 Å². The monoisotopic (exact) mass is 419 g/mol. The van der Waals surface area contributed by atoms with Crippen LogP contribution in [0, 0.1) is 6.92 Å². The van der Waals surface area contributed by atoms with E-state index < -0.39 is 23.9 Å². The summed E-state index contributed by atoms with van der Waals surface area (Å²) >= 11 is 1.30. The Bertz CT molecular complexity index is 1060. The molecule has 1 unspecified atom stereocenters. The molecule has 154 valence electrons. The van der Waals surface area contributed by atoms with E-state index in [-0.39, 0.29) is 6.42 Å². The second kappa shape index (κ2) is 7.46. The summed E-state index contributed by atoms with van der Waals surface area (Å²) in [5.74, 6) is -3.51. The van der Waals surface area contributed by atoms with E-state index in [1.165, 1.54) is 11.3 Å². The van der Waals surface area contributed by atoms with Gasteiger partial charge in [-0.2, -0.15) is 5.10 Å². The summed E-state index contributed by atoms with van der Waals surface area (Å²) in [5, 5.41) is 6.90. The molecular weight excluding hydrogens is 396 g/mol. The van der Waals surface area contributed by atoms with Crippen LogP contribution in [0.3, 0.4) is 0 Å². The Labute approximate surface area is 171 Å². The van der Waals surface area contributed by atoms with Crippen LogP contribution in [-0.4, -0.2) is 38.5 Å². The summed E-state index contributed by atoms with van der Waals surface area (Å²) in [6.07, 6.45) is 4.75. The first kappa shape index (κ1) is 19.9. The fourth-order valence-electron chi connectivity index (χ4n) is 3.81. The molecule has 0 saturated heterocycles. The average molecular weight is 420 g/mol. The highest BCUT2D eigenvalue weighted by Gasteiger charge is 2.46. The van der Waals surface area contributed by atoms with Crippen LogP contribution in [0.2, 0.25) is 0 Å². The van der Waals surface area contributed by atoms with Gasteiger partial charge >= 0.3 is 0 Å². The molecular formula is C20H23F2N5OS. The molecule has 1 aliphatic rings. The number of amides is 1. The molecule has 0 aromatic carbocycles. The Morgan fingerprint density at radius 2 is 2.21 bits per heavy atom. The second-order valence-electron chi connectivity index (χ2n) is 7.52. The van der Waals surface area contributed by atoms with Gasteiger partial charge in [-0.25, -0.2) is 18.3 Å². The van der Waals surface area contributed by atoms with Crippen LogP contribution in [0.5, 0.6) is 0 Å². The molecule has 4 rings (SSSR count). The summed E-state index contributed by atoms with van der Waals surface area (Å²) in [7, 11) is 0. The molecule has 0 aliphatic heterocycles. The van der Waals surface area contributed by atoms with Crippen LogP contribution in [0.25, 0.3) is 16.9 Å². The van der Waals surface area contributed by atoms with Gasteiger partial charge in [-0.3, -0.25) is 4.79 Å². The highest BCUT2D eigenvalue weighted by molar-refractivity contribution is 7.14. The Kier molecular flexibility index (Phi) is 5.12. The lowest BCUT2D eigenvalue weighted by atomic mass is 9.87. The highest BCUT2D eigenvalue weighted by Crippen LogP contribution is 2.35. The molecule has 6 nitrogen and oxygen atoms in total. The van der Waals surface area contributed by atoms with Crippen molar-refractivity contribution in [1.29, 1.82) is 0 Å². The molecule has 0 bridgehead atoms. The fourth-order valence-corrected chi connectivity index (χ4v) is 4.82. The highest BCUT2D eigenvalue weighted by atomic mass is 32.1. The number of hydrogen-bond acceptors (Lipinski definition) is 5. The van der Waals surface area contributed by atoms with Crippen molar-refractivity contribution < 1.29 is 13.6 Å². The number of thiophene rings is 1. The maximum Gasteiger partial charge on any atom is 0.269 e. The van der Waals surface area contributed by atoms with E-state index in [1.54, 1.807) is 23.0 Å². The summed E-state index contributed by atoms with van der Waals surface area (Å²) in [6.45, 7) is 3.93. The smallest absolute Gasteiger partial charge is 0.269 e. The number of aryl methyl sites for hydroxylation is 2. The standard InChI is InChI=1S/C20H23F2N5OS/c1-3-15-12(14-10-24-17-7-11(2)9-25-27(14)17)8-16(29-15)19(28)26-18-13(23)5-4-6-20(18,21)22/h7-10,13,18H,3-6,23H2,1-2H3,(H,26,28)/t13-,18?/m0/s1. The minimum Gasteiger partial charge on any atom is -0.341 e. The van der Waals surface area contributed by atoms with Gasteiger partial charge in [-0.05, 0) is 43.9 Å². The molecule has 0 radical (unpaired) electrons.